The molecule has 0 fully saturated rings. The largest absolute Gasteiger partial charge is 0.364 e. The van der Waals surface area contributed by atoms with Crippen molar-refractivity contribution in [1.29, 1.82) is 0 Å². The fraction of sp³-hybridized carbons (Fsp3) is 0. The lowest BCUT2D eigenvalue weighted by Gasteiger charge is -2.04. The molecular weight excluding hydrogens is 223 g/mol. The van der Waals surface area contributed by atoms with E-state index in [0.29, 0.717) is 5.69 Å². The fourth-order valence-electron chi connectivity index (χ4n) is 1.22. The van der Waals surface area contributed by atoms with Crippen LogP contribution in [0.5, 0.6) is 0 Å². The van der Waals surface area contributed by atoms with E-state index >= 15 is 0 Å². The first kappa shape index (κ1) is 11.0. The van der Waals surface area contributed by atoms with Crippen LogP contribution in [0.25, 0.3) is 0 Å². The van der Waals surface area contributed by atoms with Crippen LogP contribution in [0.4, 0.5) is 16.0 Å². The molecule has 86 valence electrons. The topological polar surface area (TPSA) is 80.9 Å². The number of benzene rings is 1. The van der Waals surface area contributed by atoms with Crippen molar-refractivity contribution in [3.05, 3.63) is 48.0 Å². The van der Waals surface area contributed by atoms with Gasteiger partial charge in [-0.05, 0) is 30.3 Å². The van der Waals surface area contributed by atoms with Gasteiger partial charge in [-0.3, -0.25) is 4.79 Å². The SMILES string of the molecule is NC(=O)c1ccnc(Nc2ccc(F)cc2)n1. The Morgan fingerprint density at radius 1 is 1.24 bits per heavy atom. The van der Waals surface area contributed by atoms with E-state index in [1.807, 2.05) is 0 Å². The highest BCUT2D eigenvalue weighted by Crippen LogP contribution is 2.13. The standard InChI is InChI=1S/C11H9FN4O/c12-7-1-3-8(4-2-7)15-11-14-6-5-9(16-11)10(13)17/h1-6H,(H2,13,17)(H,14,15,16). The maximum atomic E-state index is 12.7. The highest BCUT2D eigenvalue weighted by Gasteiger charge is 2.04. The van der Waals surface area contributed by atoms with E-state index in [1.54, 1.807) is 0 Å². The second-order valence-corrected chi connectivity index (χ2v) is 3.26. The van der Waals surface area contributed by atoms with Crippen LogP contribution in [0.2, 0.25) is 0 Å². The Morgan fingerprint density at radius 3 is 2.59 bits per heavy atom. The van der Waals surface area contributed by atoms with Crippen molar-refractivity contribution < 1.29 is 9.18 Å². The Labute approximate surface area is 96.5 Å². The fourth-order valence-corrected chi connectivity index (χ4v) is 1.22. The third-order valence-corrected chi connectivity index (χ3v) is 2.01. The average Bonchev–Trinajstić information content (AvgIpc) is 2.32. The first-order valence-electron chi connectivity index (χ1n) is 4.80. The number of anilines is 2. The molecule has 3 N–H and O–H groups in total. The van der Waals surface area contributed by atoms with Crippen LogP contribution < -0.4 is 11.1 Å². The predicted molar refractivity (Wildman–Crippen MR) is 60.2 cm³/mol. The van der Waals surface area contributed by atoms with E-state index in [2.05, 4.69) is 15.3 Å². The zero-order valence-corrected chi connectivity index (χ0v) is 8.72. The molecule has 5 nitrogen and oxygen atoms in total. The van der Waals surface area contributed by atoms with Gasteiger partial charge >= 0.3 is 0 Å². The summed E-state index contributed by atoms with van der Waals surface area (Å²) in [5, 5.41) is 2.83. The molecule has 0 aliphatic rings. The molecule has 1 aromatic carbocycles. The molecule has 6 heteroatoms. The number of aromatic nitrogens is 2. The summed E-state index contributed by atoms with van der Waals surface area (Å²) in [6, 6.07) is 7.10. The zero-order valence-electron chi connectivity index (χ0n) is 8.72. The highest BCUT2D eigenvalue weighted by atomic mass is 19.1. The van der Waals surface area contributed by atoms with E-state index in [4.69, 9.17) is 5.73 Å². The molecule has 0 saturated heterocycles. The summed E-state index contributed by atoms with van der Waals surface area (Å²) >= 11 is 0. The minimum Gasteiger partial charge on any atom is -0.364 e. The smallest absolute Gasteiger partial charge is 0.267 e. The van der Waals surface area contributed by atoms with Crippen LogP contribution in [0, 0.1) is 5.82 Å². The average molecular weight is 232 g/mol. The van der Waals surface area contributed by atoms with Gasteiger partial charge < -0.3 is 11.1 Å². The Hall–Kier alpha value is -2.50. The van der Waals surface area contributed by atoms with Gasteiger partial charge in [0.05, 0.1) is 0 Å². The van der Waals surface area contributed by atoms with E-state index in [0.717, 1.165) is 0 Å². The molecule has 0 spiro atoms. The van der Waals surface area contributed by atoms with Gasteiger partial charge in [-0.15, -0.1) is 0 Å². The van der Waals surface area contributed by atoms with Crippen molar-refractivity contribution in [3.8, 4) is 0 Å². The number of carbonyl (C=O) groups excluding carboxylic acids is 1. The van der Waals surface area contributed by atoms with Crippen molar-refractivity contribution in [2.75, 3.05) is 5.32 Å². The number of nitrogens with one attached hydrogen (secondary N) is 1. The summed E-state index contributed by atoms with van der Waals surface area (Å²) in [6.45, 7) is 0. The van der Waals surface area contributed by atoms with Gasteiger partial charge in [-0.1, -0.05) is 0 Å². The third kappa shape index (κ3) is 2.75. The quantitative estimate of drug-likeness (QED) is 0.839. The molecule has 17 heavy (non-hydrogen) atoms. The molecule has 0 radical (unpaired) electrons. The highest BCUT2D eigenvalue weighted by molar-refractivity contribution is 5.90. The maximum Gasteiger partial charge on any atom is 0.267 e. The molecule has 0 atom stereocenters. The van der Waals surface area contributed by atoms with Gasteiger partial charge in [0.2, 0.25) is 5.95 Å². The van der Waals surface area contributed by atoms with Crippen molar-refractivity contribution in [2.45, 2.75) is 0 Å². The molecule has 0 saturated carbocycles. The second-order valence-electron chi connectivity index (χ2n) is 3.26. The van der Waals surface area contributed by atoms with Gasteiger partial charge in [-0.25, -0.2) is 14.4 Å². The Bertz CT molecular complexity index is 541. The number of hydrogen-bond acceptors (Lipinski definition) is 4. The van der Waals surface area contributed by atoms with Crippen molar-refractivity contribution in [1.82, 2.24) is 9.97 Å². The lowest BCUT2D eigenvalue weighted by Crippen LogP contribution is -2.14. The molecule has 1 amide bonds. The molecule has 1 heterocycles. The predicted octanol–water partition coefficient (Wildman–Crippen LogP) is 1.46. The number of nitrogens with two attached hydrogens (primary N) is 1. The molecule has 0 aliphatic carbocycles. The van der Waals surface area contributed by atoms with Gasteiger partial charge in [0, 0.05) is 11.9 Å². The number of halogens is 1. The summed E-state index contributed by atoms with van der Waals surface area (Å²) in [4.78, 5) is 18.7. The Balaban J connectivity index is 2.21. The summed E-state index contributed by atoms with van der Waals surface area (Å²) in [5.74, 6) is -0.732. The number of amides is 1. The number of primary amides is 1. The minimum absolute atomic E-state index is 0.115. The van der Waals surface area contributed by atoms with Crippen LogP contribution >= 0.6 is 0 Å². The Kier molecular flexibility index (Phi) is 2.95. The zero-order chi connectivity index (χ0) is 12.3. The molecule has 2 rings (SSSR count). The van der Waals surface area contributed by atoms with Gasteiger partial charge in [-0.2, -0.15) is 0 Å². The summed E-state index contributed by atoms with van der Waals surface area (Å²) < 4.78 is 12.7. The second kappa shape index (κ2) is 4.56. The van der Waals surface area contributed by atoms with Gasteiger partial charge in [0.15, 0.2) is 0 Å². The van der Waals surface area contributed by atoms with Crippen molar-refractivity contribution in [2.24, 2.45) is 5.73 Å². The normalized spacial score (nSPS) is 9.94. The van der Waals surface area contributed by atoms with Crippen LogP contribution in [-0.2, 0) is 0 Å². The van der Waals surface area contributed by atoms with Crippen molar-refractivity contribution >= 4 is 17.5 Å². The van der Waals surface area contributed by atoms with Crippen molar-refractivity contribution in [3.63, 3.8) is 0 Å². The molecule has 1 aromatic heterocycles. The molecule has 0 bridgehead atoms. The van der Waals surface area contributed by atoms with Crippen LogP contribution in [-0.4, -0.2) is 15.9 Å². The summed E-state index contributed by atoms with van der Waals surface area (Å²) in [5.41, 5.74) is 5.82. The first-order chi connectivity index (χ1) is 8.15. The molecular formula is C11H9FN4O. The van der Waals surface area contributed by atoms with Gasteiger partial charge in [0.25, 0.3) is 5.91 Å². The monoisotopic (exact) mass is 232 g/mol. The molecule has 2 aromatic rings. The van der Waals surface area contributed by atoms with Crippen LogP contribution in [0.1, 0.15) is 10.5 Å². The van der Waals surface area contributed by atoms with E-state index < -0.39 is 5.91 Å². The van der Waals surface area contributed by atoms with E-state index in [1.165, 1.54) is 36.5 Å². The summed E-state index contributed by atoms with van der Waals surface area (Å²) in [7, 11) is 0. The third-order valence-electron chi connectivity index (χ3n) is 2.01. The number of carbonyl (C=O) groups is 1. The number of nitrogens with zero attached hydrogens (tertiary/aromatic N) is 2. The van der Waals surface area contributed by atoms with Crippen LogP contribution in [0.15, 0.2) is 36.5 Å². The number of rotatable bonds is 3. The minimum atomic E-state index is -0.630. The lowest BCUT2D eigenvalue weighted by atomic mass is 10.3. The first-order valence-corrected chi connectivity index (χ1v) is 4.80. The van der Waals surface area contributed by atoms with Gasteiger partial charge in [0.1, 0.15) is 11.5 Å². The van der Waals surface area contributed by atoms with E-state index in [-0.39, 0.29) is 17.5 Å². The maximum absolute atomic E-state index is 12.7. The number of hydrogen-bond donors (Lipinski definition) is 2. The van der Waals surface area contributed by atoms with E-state index in [9.17, 15) is 9.18 Å². The Morgan fingerprint density at radius 2 is 1.94 bits per heavy atom. The van der Waals surface area contributed by atoms with Crippen LogP contribution in [0.3, 0.4) is 0 Å². The lowest BCUT2D eigenvalue weighted by molar-refractivity contribution is 0.0995. The summed E-state index contributed by atoms with van der Waals surface area (Å²) in [6.07, 6.45) is 1.42. The molecule has 0 unspecified atom stereocenters. The molecule has 0 aliphatic heterocycles.